The Balaban J connectivity index is 2.87. The van der Waals surface area contributed by atoms with Gasteiger partial charge in [0.15, 0.2) is 0 Å². The molecular formula is C6H7N2S2. The fourth-order valence-electron chi connectivity index (χ4n) is 0.497. The Morgan fingerprint density at radius 1 is 1.20 bits per heavy atom. The smallest absolute Gasteiger partial charge is 0.118 e. The van der Waals surface area contributed by atoms with Crippen LogP contribution in [0.1, 0.15) is 0 Å². The first-order chi connectivity index (χ1) is 4.86. The second-order valence-corrected chi connectivity index (χ2v) is 3.11. The number of thioether (sulfide) groups is 2. The summed E-state index contributed by atoms with van der Waals surface area (Å²) < 4.78 is 0. The summed E-state index contributed by atoms with van der Waals surface area (Å²) in [6.07, 6.45) is 5.51. The van der Waals surface area contributed by atoms with Crippen LogP contribution in [0.2, 0.25) is 0 Å². The SMILES string of the molecule is CSc1[c]c(SC)ncn1. The van der Waals surface area contributed by atoms with Crippen LogP contribution in [0.25, 0.3) is 0 Å². The van der Waals surface area contributed by atoms with E-state index in [1.807, 2.05) is 12.5 Å². The van der Waals surface area contributed by atoms with Gasteiger partial charge in [-0.15, -0.1) is 23.5 Å². The van der Waals surface area contributed by atoms with E-state index in [1.165, 1.54) is 0 Å². The van der Waals surface area contributed by atoms with Gasteiger partial charge in [-0.25, -0.2) is 9.97 Å². The molecule has 0 saturated carbocycles. The highest BCUT2D eigenvalue weighted by Gasteiger charge is 1.94. The zero-order valence-corrected chi connectivity index (χ0v) is 7.42. The maximum atomic E-state index is 3.99. The molecule has 1 radical (unpaired) electrons. The van der Waals surface area contributed by atoms with E-state index in [2.05, 4.69) is 16.0 Å². The topological polar surface area (TPSA) is 25.8 Å². The van der Waals surface area contributed by atoms with E-state index in [0.29, 0.717) is 0 Å². The molecule has 0 N–H and O–H groups in total. The van der Waals surface area contributed by atoms with Crippen LogP contribution in [0.15, 0.2) is 16.4 Å². The molecule has 1 heterocycles. The zero-order valence-electron chi connectivity index (χ0n) is 5.79. The van der Waals surface area contributed by atoms with Crippen molar-refractivity contribution in [2.45, 2.75) is 10.1 Å². The minimum absolute atomic E-state index is 0.902. The van der Waals surface area contributed by atoms with Gasteiger partial charge in [0.25, 0.3) is 0 Å². The van der Waals surface area contributed by atoms with Crippen molar-refractivity contribution in [3.05, 3.63) is 12.4 Å². The third-order valence-corrected chi connectivity index (χ3v) is 2.14. The van der Waals surface area contributed by atoms with Gasteiger partial charge in [-0.2, -0.15) is 0 Å². The molecule has 0 saturated heterocycles. The first-order valence-electron chi connectivity index (χ1n) is 2.69. The highest BCUT2D eigenvalue weighted by molar-refractivity contribution is 7.99. The maximum absolute atomic E-state index is 3.99. The van der Waals surface area contributed by atoms with Crippen LogP contribution in [0, 0.1) is 6.07 Å². The van der Waals surface area contributed by atoms with Gasteiger partial charge in [0.1, 0.15) is 16.4 Å². The Morgan fingerprint density at radius 3 is 2.10 bits per heavy atom. The van der Waals surface area contributed by atoms with Crippen molar-refractivity contribution in [3.8, 4) is 0 Å². The summed E-state index contributed by atoms with van der Waals surface area (Å²) >= 11 is 3.16. The molecule has 10 heavy (non-hydrogen) atoms. The van der Waals surface area contributed by atoms with Crippen molar-refractivity contribution in [1.29, 1.82) is 0 Å². The van der Waals surface area contributed by atoms with Gasteiger partial charge in [-0.3, -0.25) is 0 Å². The van der Waals surface area contributed by atoms with E-state index in [4.69, 9.17) is 0 Å². The van der Waals surface area contributed by atoms with Crippen LogP contribution in [-0.4, -0.2) is 22.5 Å². The highest BCUT2D eigenvalue weighted by Crippen LogP contribution is 2.15. The van der Waals surface area contributed by atoms with Crippen LogP contribution < -0.4 is 0 Å². The number of hydrogen-bond acceptors (Lipinski definition) is 4. The number of rotatable bonds is 2. The lowest BCUT2D eigenvalue weighted by Crippen LogP contribution is -1.83. The third-order valence-electron chi connectivity index (χ3n) is 0.951. The van der Waals surface area contributed by atoms with Gasteiger partial charge in [-0.1, -0.05) is 0 Å². The molecule has 0 aliphatic rings. The number of nitrogens with zero attached hydrogens (tertiary/aromatic N) is 2. The molecule has 0 spiro atoms. The lowest BCUT2D eigenvalue weighted by Gasteiger charge is -1.94. The van der Waals surface area contributed by atoms with Gasteiger partial charge >= 0.3 is 0 Å². The van der Waals surface area contributed by atoms with Crippen LogP contribution in [-0.2, 0) is 0 Å². The van der Waals surface area contributed by atoms with Gasteiger partial charge in [0, 0.05) is 0 Å². The van der Waals surface area contributed by atoms with E-state index in [0.717, 1.165) is 10.1 Å². The van der Waals surface area contributed by atoms with Gasteiger partial charge in [0.05, 0.1) is 6.07 Å². The Hall–Kier alpha value is -0.220. The summed E-state index contributed by atoms with van der Waals surface area (Å²) in [6.45, 7) is 0. The molecule has 0 amide bonds. The van der Waals surface area contributed by atoms with Crippen LogP contribution in [0.4, 0.5) is 0 Å². The molecule has 53 valence electrons. The maximum Gasteiger partial charge on any atom is 0.118 e. The molecule has 0 fully saturated rings. The molecule has 1 aromatic heterocycles. The van der Waals surface area contributed by atoms with Crippen LogP contribution in [0.3, 0.4) is 0 Å². The quantitative estimate of drug-likeness (QED) is 0.500. The molecule has 4 heteroatoms. The van der Waals surface area contributed by atoms with Gasteiger partial charge in [0.2, 0.25) is 0 Å². The largest absolute Gasteiger partial charge is 0.229 e. The molecule has 1 aromatic rings. The predicted octanol–water partition coefficient (Wildman–Crippen LogP) is 1.72. The summed E-state index contributed by atoms with van der Waals surface area (Å²) in [7, 11) is 0. The summed E-state index contributed by atoms with van der Waals surface area (Å²) in [5.41, 5.74) is 0. The summed E-state index contributed by atoms with van der Waals surface area (Å²) in [4.78, 5) is 7.98. The van der Waals surface area contributed by atoms with Gasteiger partial charge in [-0.05, 0) is 12.5 Å². The Labute approximate surface area is 68.8 Å². The monoisotopic (exact) mass is 171 g/mol. The van der Waals surface area contributed by atoms with Crippen molar-refractivity contribution >= 4 is 23.5 Å². The fourth-order valence-corrected chi connectivity index (χ4v) is 1.26. The van der Waals surface area contributed by atoms with Crippen molar-refractivity contribution in [3.63, 3.8) is 0 Å². The van der Waals surface area contributed by atoms with Crippen LogP contribution >= 0.6 is 23.5 Å². The average Bonchev–Trinajstić information content (AvgIpc) is 2.05. The molecule has 0 unspecified atom stereocenters. The Bertz CT molecular complexity index is 195. The second-order valence-electron chi connectivity index (χ2n) is 1.52. The lowest BCUT2D eigenvalue weighted by molar-refractivity contribution is 0.958. The number of hydrogen-bond donors (Lipinski definition) is 0. The van der Waals surface area contributed by atoms with Crippen molar-refractivity contribution in [1.82, 2.24) is 9.97 Å². The third kappa shape index (κ3) is 1.88. The molecule has 2 nitrogen and oxygen atoms in total. The molecule has 0 bridgehead atoms. The van der Waals surface area contributed by atoms with E-state index in [1.54, 1.807) is 29.9 Å². The summed E-state index contributed by atoms with van der Waals surface area (Å²) in [6, 6.07) is 3.05. The van der Waals surface area contributed by atoms with E-state index in [9.17, 15) is 0 Å². The van der Waals surface area contributed by atoms with Crippen LogP contribution in [0.5, 0.6) is 0 Å². The van der Waals surface area contributed by atoms with Gasteiger partial charge < -0.3 is 0 Å². The first kappa shape index (κ1) is 7.88. The molecule has 0 aliphatic carbocycles. The van der Waals surface area contributed by atoms with Crippen molar-refractivity contribution < 1.29 is 0 Å². The van der Waals surface area contributed by atoms with Crippen molar-refractivity contribution in [2.75, 3.05) is 12.5 Å². The molecule has 0 atom stereocenters. The minimum atomic E-state index is 0.902. The van der Waals surface area contributed by atoms with Crippen molar-refractivity contribution in [2.24, 2.45) is 0 Å². The molecule has 0 aromatic carbocycles. The predicted molar refractivity (Wildman–Crippen MR) is 44.4 cm³/mol. The Morgan fingerprint density at radius 2 is 1.70 bits per heavy atom. The number of aromatic nitrogens is 2. The minimum Gasteiger partial charge on any atom is -0.229 e. The molecule has 1 rings (SSSR count). The fraction of sp³-hybridized carbons (Fsp3) is 0.333. The standard InChI is InChI=1S/C6H7N2S2/c1-9-5-3-6(10-2)8-4-7-5/h4H,1-2H3. The van der Waals surface area contributed by atoms with E-state index < -0.39 is 0 Å². The molecular weight excluding hydrogens is 164 g/mol. The average molecular weight is 171 g/mol. The van der Waals surface area contributed by atoms with E-state index >= 15 is 0 Å². The lowest BCUT2D eigenvalue weighted by atomic mass is 10.7. The summed E-state index contributed by atoms with van der Waals surface area (Å²) in [5, 5.41) is 1.80. The molecule has 0 aliphatic heterocycles. The zero-order chi connectivity index (χ0) is 7.40. The normalized spacial score (nSPS) is 9.80. The highest BCUT2D eigenvalue weighted by atomic mass is 32.2. The summed E-state index contributed by atoms with van der Waals surface area (Å²) in [5.74, 6) is 0. The second kappa shape index (κ2) is 3.83. The van der Waals surface area contributed by atoms with E-state index in [-0.39, 0.29) is 0 Å². The first-order valence-corrected chi connectivity index (χ1v) is 5.14. The Kier molecular flexibility index (Phi) is 3.02.